The maximum absolute atomic E-state index is 12.1. The third kappa shape index (κ3) is 4.51. The van der Waals surface area contributed by atoms with Crippen LogP contribution in [0.25, 0.3) is 0 Å². The van der Waals surface area contributed by atoms with Crippen molar-refractivity contribution in [1.29, 1.82) is 0 Å². The first-order chi connectivity index (χ1) is 10.5. The van der Waals surface area contributed by atoms with Gasteiger partial charge in [0.2, 0.25) is 11.8 Å². The van der Waals surface area contributed by atoms with E-state index in [9.17, 15) is 9.59 Å². The van der Waals surface area contributed by atoms with Crippen LogP contribution in [0.2, 0.25) is 5.02 Å². The van der Waals surface area contributed by atoms with Gasteiger partial charge in [-0.05, 0) is 25.1 Å². The fourth-order valence-corrected chi connectivity index (χ4v) is 2.60. The number of aromatic nitrogens is 2. The monoisotopic (exact) mass is 339 g/mol. The highest BCUT2D eigenvalue weighted by Gasteiger charge is 2.16. The molecule has 6 nitrogen and oxygen atoms in total. The first kappa shape index (κ1) is 16.4. The van der Waals surface area contributed by atoms with Crippen LogP contribution in [0.5, 0.6) is 5.88 Å². The molecule has 0 saturated heterocycles. The third-order valence-corrected chi connectivity index (χ3v) is 3.87. The number of anilines is 1. The molecule has 22 heavy (non-hydrogen) atoms. The fraction of sp³-hybridized carbons (Fsp3) is 0.214. The standard InChI is InChI=1S/C14H14ClN3O3S/c1-8(13(20)16-10-5-3-4-9(15)6-10)22-14-17-11(19)7-12(18-14)21-2/h3-8H,1-2H3,(H,16,20)(H,17,18,19)/t8-/m0/s1. The number of methoxy groups -OCH3 is 1. The van der Waals surface area contributed by atoms with E-state index >= 15 is 0 Å². The van der Waals surface area contributed by atoms with E-state index in [-0.39, 0.29) is 17.3 Å². The summed E-state index contributed by atoms with van der Waals surface area (Å²) in [5, 5.41) is 3.14. The lowest BCUT2D eigenvalue weighted by atomic mass is 10.3. The van der Waals surface area contributed by atoms with Gasteiger partial charge in [0.1, 0.15) is 0 Å². The second kappa shape index (κ2) is 7.33. The summed E-state index contributed by atoms with van der Waals surface area (Å²) in [6, 6.07) is 8.10. The van der Waals surface area contributed by atoms with E-state index in [1.165, 1.54) is 13.2 Å². The summed E-state index contributed by atoms with van der Waals surface area (Å²) < 4.78 is 4.93. The normalized spacial score (nSPS) is 11.8. The summed E-state index contributed by atoms with van der Waals surface area (Å²) in [5.41, 5.74) is 0.272. The Morgan fingerprint density at radius 2 is 2.23 bits per heavy atom. The highest BCUT2D eigenvalue weighted by Crippen LogP contribution is 2.22. The van der Waals surface area contributed by atoms with Gasteiger partial charge in [-0.2, -0.15) is 4.98 Å². The Labute approximate surface area is 136 Å². The first-order valence-corrected chi connectivity index (χ1v) is 7.62. The van der Waals surface area contributed by atoms with Crippen LogP contribution in [-0.4, -0.2) is 28.2 Å². The number of nitrogens with zero attached hydrogens (tertiary/aromatic N) is 1. The Morgan fingerprint density at radius 1 is 1.45 bits per heavy atom. The molecule has 116 valence electrons. The second-order valence-corrected chi connectivity index (χ2v) is 6.12. The van der Waals surface area contributed by atoms with Crippen molar-refractivity contribution in [3.8, 4) is 5.88 Å². The van der Waals surface area contributed by atoms with E-state index in [0.29, 0.717) is 15.9 Å². The SMILES string of the molecule is COc1cc(=O)[nH]c(S[C@@H](C)C(=O)Nc2cccc(Cl)c2)n1. The number of aromatic amines is 1. The fourth-order valence-electron chi connectivity index (χ4n) is 1.61. The molecular formula is C14H14ClN3O3S. The topological polar surface area (TPSA) is 84.1 Å². The maximum atomic E-state index is 12.1. The predicted octanol–water partition coefficient (Wildman–Crippen LogP) is 2.55. The molecule has 0 bridgehead atoms. The van der Waals surface area contributed by atoms with Gasteiger partial charge < -0.3 is 15.0 Å². The molecule has 0 aliphatic heterocycles. The quantitative estimate of drug-likeness (QED) is 0.646. The summed E-state index contributed by atoms with van der Waals surface area (Å²) in [4.78, 5) is 30.2. The zero-order chi connectivity index (χ0) is 16.1. The number of amides is 1. The van der Waals surface area contributed by atoms with Gasteiger partial charge in [-0.15, -0.1) is 0 Å². The minimum absolute atomic E-state index is 0.202. The maximum Gasteiger partial charge on any atom is 0.255 e. The minimum atomic E-state index is -0.464. The van der Waals surface area contributed by atoms with Crippen molar-refractivity contribution < 1.29 is 9.53 Å². The summed E-state index contributed by atoms with van der Waals surface area (Å²) >= 11 is 7.00. The largest absolute Gasteiger partial charge is 0.481 e. The van der Waals surface area contributed by atoms with Crippen molar-refractivity contribution >= 4 is 35.0 Å². The van der Waals surface area contributed by atoms with Crippen LogP contribution in [0.1, 0.15) is 6.92 Å². The molecule has 0 aliphatic rings. The van der Waals surface area contributed by atoms with E-state index in [2.05, 4.69) is 15.3 Å². The van der Waals surface area contributed by atoms with Crippen LogP contribution in [-0.2, 0) is 4.79 Å². The second-order valence-electron chi connectivity index (χ2n) is 4.35. The van der Waals surface area contributed by atoms with Crippen molar-refractivity contribution in [3.05, 3.63) is 45.7 Å². The smallest absolute Gasteiger partial charge is 0.255 e. The number of benzene rings is 1. The first-order valence-electron chi connectivity index (χ1n) is 6.36. The van der Waals surface area contributed by atoms with Crippen molar-refractivity contribution in [2.75, 3.05) is 12.4 Å². The molecule has 1 atom stereocenters. The molecule has 1 heterocycles. The predicted molar refractivity (Wildman–Crippen MR) is 86.8 cm³/mol. The lowest BCUT2D eigenvalue weighted by Crippen LogP contribution is -2.23. The van der Waals surface area contributed by atoms with Gasteiger partial charge in [0.25, 0.3) is 5.56 Å². The summed E-state index contributed by atoms with van der Waals surface area (Å²) in [5.74, 6) is -0.0218. The Morgan fingerprint density at radius 3 is 2.91 bits per heavy atom. The Bertz CT molecular complexity index is 735. The van der Waals surface area contributed by atoms with Crippen LogP contribution in [0.15, 0.2) is 40.3 Å². The molecule has 0 radical (unpaired) electrons. The minimum Gasteiger partial charge on any atom is -0.481 e. The number of H-pyrrole nitrogens is 1. The number of halogens is 1. The molecule has 2 aromatic rings. The number of hydrogen-bond acceptors (Lipinski definition) is 5. The Balaban J connectivity index is 2.05. The molecule has 8 heteroatoms. The van der Waals surface area contributed by atoms with Crippen LogP contribution in [0, 0.1) is 0 Å². The van der Waals surface area contributed by atoms with Crippen molar-refractivity contribution in [3.63, 3.8) is 0 Å². The number of nitrogens with one attached hydrogen (secondary N) is 2. The van der Waals surface area contributed by atoms with Crippen LogP contribution in [0.4, 0.5) is 5.69 Å². The number of hydrogen-bond donors (Lipinski definition) is 2. The van der Waals surface area contributed by atoms with Crippen molar-refractivity contribution in [2.45, 2.75) is 17.3 Å². The third-order valence-electron chi connectivity index (χ3n) is 2.66. The molecule has 2 N–H and O–H groups in total. The number of carbonyl (C=O) groups is 1. The molecule has 1 aromatic heterocycles. The number of thioether (sulfide) groups is 1. The zero-order valence-electron chi connectivity index (χ0n) is 11.9. The molecule has 2 rings (SSSR count). The van der Waals surface area contributed by atoms with Gasteiger partial charge in [-0.25, -0.2) is 0 Å². The van der Waals surface area contributed by atoms with E-state index in [1.54, 1.807) is 31.2 Å². The molecule has 0 fully saturated rings. The summed E-state index contributed by atoms with van der Waals surface area (Å²) in [6.45, 7) is 1.71. The molecule has 0 unspecified atom stereocenters. The van der Waals surface area contributed by atoms with Crippen molar-refractivity contribution in [1.82, 2.24) is 9.97 Å². The molecule has 0 spiro atoms. The van der Waals surface area contributed by atoms with Gasteiger partial charge in [0, 0.05) is 10.7 Å². The highest BCUT2D eigenvalue weighted by atomic mass is 35.5. The van der Waals surface area contributed by atoms with Crippen LogP contribution >= 0.6 is 23.4 Å². The van der Waals surface area contributed by atoms with Crippen LogP contribution in [0.3, 0.4) is 0 Å². The zero-order valence-corrected chi connectivity index (χ0v) is 13.5. The van der Waals surface area contributed by atoms with Gasteiger partial charge >= 0.3 is 0 Å². The van der Waals surface area contributed by atoms with Gasteiger partial charge in [-0.3, -0.25) is 9.59 Å². The molecular weight excluding hydrogens is 326 g/mol. The molecule has 0 aliphatic carbocycles. The molecule has 0 saturated carbocycles. The number of ether oxygens (including phenoxy) is 1. The van der Waals surface area contributed by atoms with Gasteiger partial charge in [0.15, 0.2) is 5.16 Å². The molecule has 1 amide bonds. The lowest BCUT2D eigenvalue weighted by Gasteiger charge is -2.11. The lowest BCUT2D eigenvalue weighted by molar-refractivity contribution is -0.115. The van der Waals surface area contributed by atoms with E-state index in [4.69, 9.17) is 16.3 Å². The van der Waals surface area contributed by atoms with E-state index in [0.717, 1.165) is 11.8 Å². The van der Waals surface area contributed by atoms with Crippen LogP contribution < -0.4 is 15.6 Å². The average Bonchev–Trinajstić information content (AvgIpc) is 2.46. The van der Waals surface area contributed by atoms with Gasteiger partial charge in [0.05, 0.1) is 18.4 Å². The van der Waals surface area contributed by atoms with E-state index in [1.807, 2.05) is 0 Å². The van der Waals surface area contributed by atoms with E-state index < -0.39 is 5.25 Å². The molecule has 1 aromatic carbocycles. The number of rotatable bonds is 5. The Kier molecular flexibility index (Phi) is 5.46. The van der Waals surface area contributed by atoms with Gasteiger partial charge in [-0.1, -0.05) is 29.4 Å². The summed E-state index contributed by atoms with van der Waals surface area (Å²) in [6.07, 6.45) is 0. The Hall–Kier alpha value is -1.99. The average molecular weight is 340 g/mol. The summed E-state index contributed by atoms with van der Waals surface area (Å²) in [7, 11) is 1.42. The highest BCUT2D eigenvalue weighted by molar-refractivity contribution is 8.00. The van der Waals surface area contributed by atoms with Crippen molar-refractivity contribution in [2.24, 2.45) is 0 Å². The number of carbonyl (C=O) groups excluding carboxylic acids is 1.